The number of hydrogen-bond acceptors (Lipinski definition) is 1. The van der Waals surface area contributed by atoms with Gasteiger partial charge in [0.25, 0.3) is 0 Å². The number of halogens is 2. The van der Waals surface area contributed by atoms with Gasteiger partial charge in [-0.2, -0.15) is 0 Å². The molecule has 1 aromatic heterocycles. The van der Waals surface area contributed by atoms with E-state index in [4.69, 9.17) is 27.6 Å². The topological polar surface area (TPSA) is 29.8 Å². The molecule has 2 nitrogen and oxygen atoms in total. The molecule has 0 amide bonds. The molecule has 0 atom stereocenters. The maximum absolute atomic E-state index is 6.16. The molecule has 0 aliphatic carbocycles. The minimum absolute atomic E-state index is 0.653. The second-order valence-electron chi connectivity index (χ2n) is 4.53. The Balaban J connectivity index is 2.06. The highest BCUT2D eigenvalue weighted by atomic mass is 35.5. The molecule has 0 spiro atoms. The van der Waals surface area contributed by atoms with E-state index >= 15 is 0 Å². The van der Waals surface area contributed by atoms with E-state index in [1.54, 1.807) is 12.1 Å². The number of nitrogens with two attached hydrogens (primary N) is 1. The van der Waals surface area contributed by atoms with Gasteiger partial charge in [0.05, 0.1) is 11.6 Å². The van der Waals surface area contributed by atoms with Crippen molar-refractivity contribution in [2.75, 3.05) is 6.54 Å². The van der Waals surface area contributed by atoms with Gasteiger partial charge < -0.3 is 9.73 Å². The van der Waals surface area contributed by atoms with Crippen LogP contribution in [-0.4, -0.2) is 6.54 Å². The van der Waals surface area contributed by atoms with Crippen LogP contribution in [0.5, 0.6) is 0 Å². The maximum Gasteiger partial charge on any atom is 0.158 e. The summed E-state index contributed by atoms with van der Waals surface area (Å²) in [5.74, 6) is 1.73. The number of rotatable bonds is 6. The van der Waals surface area contributed by atoms with Crippen molar-refractivity contribution in [3.8, 4) is 11.3 Å². The van der Waals surface area contributed by atoms with Gasteiger partial charge in [0, 0.05) is 10.6 Å². The molecular weight excluding hydrogens is 281 g/mol. The Morgan fingerprint density at radius 1 is 1.16 bits per heavy atom. The quantitative estimate of drug-likeness (QED) is 0.799. The summed E-state index contributed by atoms with van der Waals surface area (Å²) in [4.78, 5) is 0. The summed E-state index contributed by atoms with van der Waals surface area (Å²) >= 11 is 12.1. The van der Waals surface area contributed by atoms with E-state index in [-0.39, 0.29) is 0 Å². The molecule has 0 fully saturated rings. The van der Waals surface area contributed by atoms with Gasteiger partial charge in [-0.15, -0.1) is 0 Å². The third-order valence-corrected chi connectivity index (χ3v) is 3.53. The second kappa shape index (κ2) is 6.99. The summed E-state index contributed by atoms with van der Waals surface area (Å²) in [6.45, 7) is 4.18. The first-order valence-electron chi connectivity index (χ1n) is 6.56. The number of hydrogen-bond donors (Lipinski definition) is 1. The van der Waals surface area contributed by atoms with Crippen molar-refractivity contribution in [3.05, 3.63) is 46.1 Å². The van der Waals surface area contributed by atoms with E-state index in [1.165, 1.54) is 12.8 Å². The first kappa shape index (κ1) is 14.4. The highest BCUT2D eigenvalue weighted by molar-refractivity contribution is 6.35. The van der Waals surface area contributed by atoms with Gasteiger partial charge in [-0.3, -0.25) is 0 Å². The monoisotopic (exact) mass is 298 g/mol. The molecular formula is C15H18Cl2NO+. The fourth-order valence-corrected chi connectivity index (χ4v) is 2.29. The van der Waals surface area contributed by atoms with Gasteiger partial charge in [0.1, 0.15) is 12.3 Å². The Morgan fingerprint density at radius 3 is 2.79 bits per heavy atom. The van der Waals surface area contributed by atoms with Crippen LogP contribution in [0.2, 0.25) is 10.0 Å². The van der Waals surface area contributed by atoms with E-state index in [1.807, 2.05) is 18.2 Å². The van der Waals surface area contributed by atoms with E-state index < -0.39 is 0 Å². The minimum atomic E-state index is 0.653. The average Bonchev–Trinajstić information content (AvgIpc) is 2.86. The Labute approximate surface area is 123 Å². The molecule has 0 bridgehead atoms. The number of quaternary nitrogens is 1. The highest BCUT2D eigenvalue weighted by Gasteiger charge is 2.10. The minimum Gasteiger partial charge on any atom is -0.455 e. The van der Waals surface area contributed by atoms with Gasteiger partial charge >= 0.3 is 0 Å². The molecule has 0 aliphatic heterocycles. The third kappa shape index (κ3) is 4.00. The molecule has 0 aliphatic rings. The Kier molecular flexibility index (Phi) is 5.32. The first-order chi connectivity index (χ1) is 9.20. The number of unbranched alkanes of at least 4 members (excludes halogenated alkanes) is 1. The van der Waals surface area contributed by atoms with Gasteiger partial charge in [-0.25, -0.2) is 0 Å². The summed E-state index contributed by atoms with van der Waals surface area (Å²) in [6, 6.07) is 9.33. The molecule has 0 unspecified atom stereocenters. The lowest BCUT2D eigenvalue weighted by molar-refractivity contribution is -0.672. The van der Waals surface area contributed by atoms with Gasteiger partial charge in [-0.05, 0) is 36.8 Å². The van der Waals surface area contributed by atoms with Gasteiger partial charge in [-0.1, -0.05) is 36.5 Å². The van der Waals surface area contributed by atoms with Crippen molar-refractivity contribution >= 4 is 23.2 Å². The molecule has 0 saturated carbocycles. The summed E-state index contributed by atoms with van der Waals surface area (Å²) < 4.78 is 5.81. The molecule has 1 aromatic carbocycles. The number of furan rings is 1. The smallest absolute Gasteiger partial charge is 0.158 e. The van der Waals surface area contributed by atoms with Crippen LogP contribution in [-0.2, 0) is 6.54 Å². The van der Waals surface area contributed by atoms with Crippen LogP contribution >= 0.6 is 23.2 Å². The van der Waals surface area contributed by atoms with Crippen LogP contribution in [0.3, 0.4) is 0 Å². The molecule has 2 rings (SSSR count). The summed E-state index contributed by atoms with van der Waals surface area (Å²) in [6.07, 6.45) is 2.45. The SMILES string of the molecule is CCCC[NH2+]Cc1ccc(-c2cc(Cl)ccc2Cl)o1. The van der Waals surface area contributed by atoms with E-state index in [0.29, 0.717) is 10.0 Å². The lowest BCUT2D eigenvalue weighted by atomic mass is 10.2. The Hall–Kier alpha value is -0.960. The van der Waals surface area contributed by atoms with Crippen LogP contribution in [0.1, 0.15) is 25.5 Å². The summed E-state index contributed by atoms with van der Waals surface area (Å²) in [5.41, 5.74) is 0.842. The molecule has 19 heavy (non-hydrogen) atoms. The van der Waals surface area contributed by atoms with Crippen LogP contribution in [0.25, 0.3) is 11.3 Å². The summed E-state index contributed by atoms with van der Waals surface area (Å²) in [7, 11) is 0. The number of benzene rings is 1. The largest absolute Gasteiger partial charge is 0.455 e. The lowest BCUT2D eigenvalue weighted by Gasteiger charge is -2.01. The van der Waals surface area contributed by atoms with Gasteiger partial charge in [0.2, 0.25) is 0 Å². The Bertz CT molecular complexity index is 537. The van der Waals surface area contributed by atoms with Crippen LogP contribution < -0.4 is 5.32 Å². The predicted molar refractivity (Wildman–Crippen MR) is 79.6 cm³/mol. The van der Waals surface area contributed by atoms with Crippen molar-refractivity contribution in [3.63, 3.8) is 0 Å². The van der Waals surface area contributed by atoms with Gasteiger partial charge in [0.15, 0.2) is 5.76 Å². The molecule has 0 saturated heterocycles. The molecule has 0 radical (unpaired) electrons. The highest BCUT2D eigenvalue weighted by Crippen LogP contribution is 2.31. The Morgan fingerprint density at radius 2 is 2.00 bits per heavy atom. The van der Waals surface area contributed by atoms with E-state index in [2.05, 4.69) is 12.2 Å². The molecule has 2 aromatic rings. The molecule has 4 heteroatoms. The van der Waals surface area contributed by atoms with E-state index in [9.17, 15) is 0 Å². The lowest BCUT2D eigenvalue weighted by Crippen LogP contribution is -2.82. The standard InChI is InChI=1S/C15H17Cl2NO/c1-2-3-8-18-10-12-5-7-15(19-12)13-9-11(16)4-6-14(13)17/h4-7,9,18H,2-3,8,10H2,1H3/p+1. The normalized spacial score (nSPS) is 10.9. The second-order valence-corrected chi connectivity index (χ2v) is 5.37. The fraction of sp³-hybridized carbons (Fsp3) is 0.333. The molecule has 1 heterocycles. The van der Waals surface area contributed by atoms with Crippen molar-refractivity contribution in [1.82, 2.24) is 0 Å². The zero-order valence-corrected chi connectivity index (χ0v) is 12.5. The zero-order chi connectivity index (χ0) is 13.7. The fourth-order valence-electron chi connectivity index (χ4n) is 1.91. The first-order valence-corrected chi connectivity index (χ1v) is 7.32. The molecule has 2 N–H and O–H groups in total. The zero-order valence-electron chi connectivity index (χ0n) is 11.0. The van der Waals surface area contributed by atoms with Crippen molar-refractivity contribution in [2.45, 2.75) is 26.3 Å². The maximum atomic E-state index is 6.16. The summed E-state index contributed by atoms with van der Waals surface area (Å²) in [5, 5.41) is 3.57. The van der Waals surface area contributed by atoms with Crippen LogP contribution in [0.15, 0.2) is 34.7 Å². The molecule has 102 valence electrons. The van der Waals surface area contributed by atoms with Crippen molar-refractivity contribution in [2.24, 2.45) is 0 Å². The average molecular weight is 299 g/mol. The van der Waals surface area contributed by atoms with Crippen molar-refractivity contribution in [1.29, 1.82) is 0 Å². The van der Waals surface area contributed by atoms with Crippen molar-refractivity contribution < 1.29 is 9.73 Å². The third-order valence-electron chi connectivity index (χ3n) is 2.96. The van der Waals surface area contributed by atoms with Crippen LogP contribution in [0.4, 0.5) is 0 Å². The van der Waals surface area contributed by atoms with E-state index in [0.717, 1.165) is 30.2 Å². The van der Waals surface area contributed by atoms with Crippen LogP contribution in [0, 0.1) is 0 Å². The predicted octanol–water partition coefficient (Wildman–Crippen LogP) is 4.12.